The summed E-state index contributed by atoms with van der Waals surface area (Å²) in [6.07, 6.45) is 1.24. The van der Waals surface area contributed by atoms with Crippen molar-refractivity contribution in [1.29, 1.82) is 0 Å². The minimum Gasteiger partial charge on any atom is -0.398 e. The van der Waals surface area contributed by atoms with Crippen LogP contribution in [0, 0.1) is 6.92 Å². The van der Waals surface area contributed by atoms with Crippen LogP contribution < -0.4 is 5.73 Å². The van der Waals surface area contributed by atoms with E-state index in [1.807, 2.05) is 6.07 Å². The van der Waals surface area contributed by atoms with E-state index in [1.54, 1.807) is 0 Å². The molecule has 1 unspecified atom stereocenters. The monoisotopic (exact) mass is 247 g/mol. The second-order valence-electron chi connectivity index (χ2n) is 5.64. The molecule has 0 aliphatic carbocycles. The number of hydrogen-bond acceptors (Lipinski definition) is 3. The molecule has 0 bridgehead atoms. The summed E-state index contributed by atoms with van der Waals surface area (Å²) in [5, 5.41) is 0. The van der Waals surface area contributed by atoms with Gasteiger partial charge in [0, 0.05) is 31.4 Å². The molecule has 0 aromatic heterocycles. The smallest absolute Gasteiger partial charge is 0.0359 e. The Hall–Kier alpha value is -1.06. The van der Waals surface area contributed by atoms with Gasteiger partial charge >= 0.3 is 0 Å². The topological polar surface area (TPSA) is 32.5 Å². The molecule has 0 amide bonds. The third-order valence-corrected chi connectivity index (χ3v) is 3.86. The van der Waals surface area contributed by atoms with Gasteiger partial charge in [-0.05, 0) is 45.5 Å². The van der Waals surface area contributed by atoms with E-state index in [0.717, 1.165) is 18.8 Å². The molecule has 2 N–H and O–H groups in total. The Bertz CT molecular complexity index is 403. The fourth-order valence-electron chi connectivity index (χ4n) is 2.75. The number of nitrogens with two attached hydrogens (primary N) is 1. The van der Waals surface area contributed by atoms with Crippen molar-refractivity contribution >= 4 is 5.69 Å². The summed E-state index contributed by atoms with van der Waals surface area (Å²) in [6.45, 7) is 8.92. The molecule has 100 valence electrons. The Morgan fingerprint density at radius 2 is 2.11 bits per heavy atom. The minimum absolute atomic E-state index is 0.595. The van der Waals surface area contributed by atoms with E-state index in [4.69, 9.17) is 5.73 Å². The average molecular weight is 247 g/mol. The normalized spacial score (nSPS) is 22.9. The standard InChI is InChI=1S/C15H25N3/c1-12-5-6-15(16)14(9-12)11-18-8-4-7-17(3)10-13(18)2/h5-6,9,13H,4,7-8,10-11,16H2,1-3H3. The van der Waals surface area contributed by atoms with Gasteiger partial charge in [0.1, 0.15) is 0 Å². The third kappa shape index (κ3) is 3.24. The third-order valence-electron chi connectivity index (χ3n) is 3.86. The molecule has 3 heteroatoms. The van der Waals surface area contributed by atoms with Crippen LogP contribution in [0.3, 0.4) is 0 Å². The molecule has 0 spiro atoms. The highest BCUT2D eigenvalue weighted by atomic mass is 15.2. The number of likely N-dealkylation sites (N-methyl/N-ethyl adjacent to an activating group) is 1. The molecule has 1 aliphatic heterocycles. The second-order valence-corrected chi connectivity index (χ2v) is 5.64. The van der Waals surface area contributed by atoms with Gasteiger partial charge in [0.05, 0.1) is 0 Å². The zero-order valence-electron chi connectivity index (χ0n) is 11.8. The predicted molar refractivity (Wildman–Crippen MR) is 77.6 cm³/mol. The first-order valence-electron chi connectivity index (χ1n) is 6.84. The lowest BCUT2D eigenvalue weighted by molar-refractivity contribution is 0.195. The molecule has 1 aromatic carbocycles. The Labute approximate surface area is 111 Å². The van der Waals surface area contributed by atoms with Crippen LogP contribution in [0.25, 0.3) is 0 Å². The first-order chi connectivity index (χ1) is 8.56. The molecule has 1 atom stereocenters. The van der Waals surface area contributed by atoms with E-state index < -0.39 is 0 Å². The van der Waals surface area contributed by atoms with Crippen molar-refractivity contribution in [2.45, 2.75) is 32.9 Å². The summed E-state index contributed by atoms with van der Waals surface area (Å²) >= 11 is 0. The van der Waals surface area contributed by atoms with Crippen molar-refractivity contribution in [2.75, 3.05) is 32.4 Å². The summed E-state index contributed by atoms with van der Waals surface area (Å²) in [4.78, 5) is 4.97. The molecule has 1 aromatic rings. The molecule has 3 nitrogen and oxygen atoms in total. The van der Waals surface area contributed by atoms with Crippen LogP contribution in [0.4, 0.5) is 5.69 Å². The number of nitrogen functional groups attached to an aromatic ring is 1. The molecule has 1 heterocycles. The van der Waals surface area contributed by atoms with E-state index in [2.05, 4.69) is 42.8 Å². The molecule has 1 fully saturated rings. The highest BCUT2D eigenvalue weighted by Crippen LogP contribution is 2.19. The zero-order valence-corrected chi connectivity index (χ0v) is 11.8. The van der Waals surface area contributed by atoms with Crippen LogP contribution in [-0.2, 0) is 6.54 Å². The zero-order chi connectivity index (χ0) is 13.1. The van der Waals surface area contributed by atoms with Gasteiger partial charge in [-0.15, -0.1) is 0 Å². The number of aryl methyl sites for hydroxylation is 1. The maximum absolute atomic E-state index is 6.08. The van der Waals surface area contributed by atoms with Crippen molar-refractivity contribution < 1.29 is 0 Å². The fourth-order valence-corrected chi connectivity index (χ4v) is 2.75. The van der Waals surface area contributed by atoms with Crippen molar-refractivity contribution in [3.8, 4) is 0 Å². The number of rotatable bonds is 2. The van der Waals surface area contributed by atoms with Crippen LogP contribution in [0.2, 0.25) is 0 Å². The number of hydrogen-bond donors (Lipinski definition) is 1. The van der Waals surface area contributed by atoms with Crippen molar-refractivity contribution in [2.24, 2.45) is 0 Å². The van der Waals surface area contributed by atoms with E-state index in [0.29, 0.717) is 6.04 Å². The van der Waals surface area contributed by atoms with E-state index in [9.17, 15) is 0 Å². The van der Waals surface area contributed by atoms with Gasteiger partial charge in [-0.1, -0.05) is 17.7 Å². The SMILES string of the molecule is Cc1ccc(N)c(CN2CCCN(C)CC2C)c1. The largest absolute Gasteiger partial charge is 0.398 e. The second kappa shape index (κ2) is 5.72. The van der Waals surface area contributed by atoms with Crippen LogP contribution in [-0.4, -0.2) is 42.5 Å². The summed E-state index contributed by atoms with van der Waals surface area (Å²) in [6, 6.07) is 6.92. The Morgan fingerprint density at radius 3 is 2.89 bits per heavy atom. The highest BCUT2D eigenvalue weighted by molar-refractivity contribution is 5.48. The number of benzene rings is 1. The van der Waals surface area contributed by atoms with Gasteiger partial charge in [-0.25, -0.2) is 0 Å². The van der Waals surface area contributed by atoms with Crippen LogP contribution in [0.1, 0.15) is 24.5 Å². The molecule has 0 saturated carbocycles. The Balaban J connectivity index is 2.09. The van der Waals surface area contributed by atoms with Gasteiger partial charge in [-0.2, -0.15) is 0 Å². The van der Waals surface area contributed by atoms with Gasteiger partial charge in [0.25, 0.3) is 0 Å². The van der Waals surface area contributed by atoms with Crippen LogP contribution >= 0.6 is 0 Å². The first-order valence-corrected chi connectivity index (χ1v) is 6.84. The molecular weight excluding hydrogens is 222 g/mol. The van der Waals surface area contributed by atoms with Gasteiger partial charge in [0.15, 0.2) is 0 Å². The van der Waals surface area contributed by atoms with E-state index in [1.165, 1.54) is 30.6 Å². The van der Waals surface area contributed by atoms with E-state index in [-0.39, 0.29) is 0 Å². The molecule has 1 saturated heterocycles. The molecule has 1 aliphatic rings. The maximum atomic E-state index is 6.08. The van der Waals surface area contributed by atoms with Gasteiger partial charge in [0.2, 0.25) is 0 Å². The number of nitrogens with zero attached hydrogens (tertiary/aromatic N) is 2. The van der Waals surface area contributed by atoms with Gasteiger partial charge in [-0.3, -0.25) is 4.90 Å². The summed E-state index contributed by atoms with van der Waals surface area (Å²) in [5.41, 5.74) is 9.56. The quantitative estimate of drug-likeness (QED) is 0.812. The fraction of sp³-hybridized carbons (Fsp3) is 0.600. The lowest BCUT2D eigenvalue weighted by Crippen LogP contribution is -2.37. The van der Waals surface area contributed by atoms with Crippen molar-refractivity contribution in [3.05, 3.63) is 29.3 Å². The lowest BCUT2D eigenvalue weighted by Gasteiger charge is -2.28. The molecule has 0 radical (unpaired) electrons. The minimum atomic E-state index is 0.595. The molecule has 18 heavy (non-hydrogen) atoms. The summed E-state index contributed by atoms with van der Waals surface area (Å²) in [7, 11) is 2.21. The van der Waals surface area contributed by atoms with Crippen molar-refractivity contribution in [3.63, 3.8) is 0 Å². The molecular formula is C15H25N3. The van der Waals surface area contributed by atoms with Crippen LogP contribution in [0.15, 0.2) is 18.2 Å². The predicted octanol–water partition coefficient (Wildman–Crippen LogP) is 2.10. The molecule has 2 rings (SSSR count). The van der Waals surface area contributed by atoms with Crippen molar-refractivity contribution in [1.82, 2.24) is 9.80 Å². The van der Waals surface area contributed by atoms with E-state index >= 15 is 0 Å². The lowest BCUT2D eigenvalue weighted by atomic mass is 10.1. The Kier molecular flexibility index (Phi) is 4.25. The summed E-state index contributed by atoms with van der Waals surface area (Å²) in [5.74, 6) is 0. The highest BCUT2D eigenvalue weighted by Gasteiger charge is 2.20. The maximum Gasteiger partial charge on any atom is 0.0359 e. The first kappa shape index (κ1) is 13.4. The Morgan fingerprint density at radius 1 is 1.33 bits per heavy atom. The average Bonchev–Trinajstić information content (AvgIpc) is 2.46. The number of anilines is 1. The van der Waals surface area contributed by atoms with Crippen LogP contribution in [0.5, 0.6) is 0 Å². The van der Waals surface area contributed by atoms with Gasteiger partial charge < -0.3 is 10.6 Å². The summed E-state index contributed by atoms with van der Waals surface area (Å²) < 4.78 is 0.